The molecule has 0 spiro atoms. The first-order valence-electron chi connectivity index (χ1n) is 1.11. The molecule has 0 heterocycles. The van der Waals surface area contributed by atoms with Crippen LogP contribution in [-0.4, -0.2) is 118 Å². The van der Waals surface area contributed by atoms with E-state index in [2.05, 4.69) is 0 Å². The Morgan fingerprint density at radius 1 is 1.10 bits per heavy atom. The topological polar surface area (TPSA) is 126 Å². The van der Waals surface area contributed by atoms with Crippen molar-refractivity contribution in [2.45, 2.75) is 0 Å². The van der Waals surface area contributed by atoms with Gasteiger partial charge in [0.1, 0.15) is 0 Å². The summed E-state index contributed by atoms with van der Waals surface area (Å²) in [5.74, 6) is 0. The van der Waals surface area contributed by atoms with Gasteiger partial charge < -0.3 is 15.0 Å². The number of hydrogen-bond acceptors (Lipinski definition) is 6. The summed E-state index contributed by atoms with van der Waals surface area (Å²) >= 11 is -3.79. The Morgan fingerprint density at radius 2 is 1.10 bits per heavy atom. The van der Waals surface area contributed by atoms with E-state index in [0.717, 1.165) is 0 Å². The van der Waals surface area contributed by atoms with Gasteiger partial charge in [-0.2, -0.15) is 0 Å². The Labute approximate surface area is 142 Å². The van der Waals surface area contributed by atoms with Crippen LogP contribution in [0.5, 0.6) is 0 Å². The molecule has 0 atom stereocenters. The Bertz CT molecular complexity index is 73.7. The summed E-state index contributed by atoms with van der Waals surface area (Å²) < 4.78 is 25.6. The molecule has 0 bridgehead atoms. The zero-order valence-electron chi connectivity index (χ0n) is 4.77. The molecule has 0 radical (unpaired) electrons. The van der Waals surface area contributed by atoms with Gasteiger partial charge >= 0.3 is 124 Å². The van der Waals surface area contributed by atoms with Gasteiger partial charge in [0, 0.05) is 0 Å². The fraction of sp³-hybridized carbons (Fsp3) is 0. The van der Waals surface area contributed by atoms with Crippen LogP contribution in [0, 0.1) is 0 Å². The Hall–Kier alpha value is 2.65. The van der Waals surface area contributed by atoms with E-state index in [-0.39, 0.29) is 97.8 Å². The van der Waals surface area contributed by atoms with Gasteiger partial charge in [-0.3, -0.25) is 0 Å². The minimum atomic E-state index is -3.79. The van der Waals surface area contributed by atoms with Crippen molar-refractivity contribution in [3.8, 4) is 0 Å². The van der Waals surface area contributed by atoms with Gasteiger partial charge in [-0.15, -0.1) is 0 Å². The van der Waals surface area contributed by atoms with Crippen LogP contribution < -0.4 is 18.6 Å². The van der Waals surface area contributed by atoms with E-state index in [1.54, 1.807) is 0 Å². The molecule has 0 rings (SSSR count). The van der Waals surface area contributed by atoms with Crippen molar-refractivity contribution >= 4 is 118 Å². The van der Waals surface area contributed by atoms with Crippen LogP contribution in [0.3, 0.4) is 0 Å². The van der Waals surface area contributed by atoms with Gasteiger partial charge in [-0.25, -0.2) is 0 Å². The largest absolute Gasteiger partial charge is 2.00 e. The fourth-order valence-corrected chi connectivity index (χ4v) is 0. The summed E-state index contributed by atoms with van der Waals surface area (Å²) in [5, 5.41) is 16.7. The molecule has 0 aliphatic rings. The predicted molar refractivity (Wildman–Crippen MR) is 23.3 cm³/mol. The molecule has 0 saturated heterocycles. The van der Waals surface area contributed by atoms with Crippen molar-refractivity contribution in [3.05, 3.63) is 0 Å². The van der Waals surface area contributed by atoms with Crippen LogP contribution in [0.15, 0.2) is 0 Å². The monoisotopic (exact) mass is 464 g/mol. The van der Waals surface area contributed by atoms with E-state index in [1.165, 1.54) is 0 Å². The van der Waals surface area contributed by atoms with Gasteiger partial charge in [0.25, 0.3) is 0 Å². The van der Waals surface area contributed by atoms with Crippen LogP contribution >= 0.6 is 0 Å². The molecule has 0 aromatic heterocycles. The minimum absolute atomic E-state index is 0. The molecular formula is CBa2O6Se. The maximum Gasteiger partial charge on any atom is 2.00 e. The molecule has 0 aromatic carbocycles. The van der Waals surface area contributed by atoms with E-state index in [0.29, 0.717) is 0 Å². The molecule has 9 heteroatoms. The van der Waals surface area contributed by atoms with Gasteiger partial charge in [-0.05, 0) is 6.16 Å². The van der Waals surface area contributed by atoms with Crippen molar-refractivity contribution in [2.24, 2.45) is 0 Å². The maximum absolute atomic E-state index is 8.54. The molecule has 0 N–H and O–H groups in total. The molecule has 10 heavy (non-hydrogen) atoms. The summed E-state index contributed by atoms with van der Waals surface area (Å²) in [6.07, 6.45) is -2.33. The zero-order chi connectivity index (χ0) is 7.15. The number of carbonyl (C=O) groups is 1. The van der Waals surface area contributed by atoms with Crippen LogP contribution in [0.25, 0.3) is 0 Å². The second-order valence-electron chi connectivity index (χ2n) is 0.454. The molecule has 0 unspecified atom stereocenters. The van der Waals surface area contributed by atoms with Gasteiger partial charge in [-0.1, -0.05) is 0 Å². The number of carbonyl (C=O) groups excluding carboxylic acids is 1. The summed E-state index contributed by atoms with van der Waals surface area (Å²) in [7, 11) is 0. The standard InChI is InChI=1S/CH2O3.2Ba.H2O3Se/c2-1(3)4;;;1-4(2)3/h(H2,2,3,4);;;(H2,1,2,3)/q;2*+2;/p-4. The minimum Gasteiger partial charge on any atom is 2.00 e. The van der Waals surface area contributed by atoms with Crippen molar-refractivity contribution in [3.63, 3.8) is 0 Å². The normalized spacial score (nSPS) is 5.90. The van der Waals surface area contributed by atoms with Gasteiger partial charge in [0.05, 0.1) is 0 Å². The smallest absolute Gasteiger partial charge is 2.00 e. The third-order valence-electron chi connectivity index (χ3n) is 0. The number of carboxylic acid groups (broad SMARTS) is 2. The van der Waals surface area contributed by atoms with E-state index in [9.17, 15) is 0 Å². The molecule has 0 aliphatic carbocycles. The molecule has 0 aromatic rings. The van der Waals surface area contributed by atoms with Crippen LogP contribution in [0.1, 0.15) is 0 Å². The Morgan fingerprint density at radius 3 is 1.10 bits per heavy atom. The first kappa shape index (κ1) is 22.9. The molecular weight excluding hydrogens is 462 g/mol. The summed E-state index contributed by atoms with van der Waals surface area (Å²) in [4.78, 5) is 8.33. The Kier molecular flexibility index (Phi) is 40.5. The average molecular weight is 462 g/mol. The zero-order valence-corrected chi connectivity index (χ0v) is 15.4. The summed E-state index contributed by atoms with van der Waals surface area (Å²) in [6.45, 7) is 0. The van der Waals surface area contributed by atoms with Crippen molar-refractivity contribution in [1.29, 1.82) is 0 Å². The van der Waals surface area contributed by atoms with Crippen LogP contribution in [0.2, 0.25) is 0 Å². The molecule has 0 saturated carbocycles. The second kappa shape index (κ2) is 17.7. The molecule has 0 aliphatic heterocycles. The van der Waals surface area contributed by atoms with Crippen molar-refractivity contribution in [1.82, 2.24) is 0 Å². The van der Waals surface area contributed by atoms with Gasteiger partial charge in [0.15, 0.2) is 0 Å². The SMILES string of the molecule is O=C([O-])[O-].O=[Se]([O-])[O-].[Ba+2].[Ba+2]. The quantitative estimate of drug-likeness (QED) is 0.331. The first-order chi connectivity index (χ1) is 3.46. The Balaban J connectivity index is -0.0000000300. The van der Waals surface area contributed by atoms with E-state index in [1.807, 2.05) is 0 Å². The molecule has 0 fully saturated rings. The first-order valence-corrected chi connectivity index (χ1v) is 3.21. The van der Waals surface area contributed by atoms with Crippen LogP contribution in [-0.2, 0) is 3.83 Å². The molecule has 6 nitrogen and oxygen atoms in total. The maximum atomic E-state index is 8.54. The van der Waals surface area contributed by atoms with Crippen molar-refractivity contribution in [2.75, 3.05) is 0 Å². The van der Waals surface area contributed by atoms with Crippen molar-refractivity contribution < 1.29 is 27.2 Å². The van der Waals surface area contributed by atoms with Gasteiger partial charge in [0.2, 0.25) is 0 Å². The predicted octanol–water partition coefficient (Wildman–Crippen LogP) is -6.09. The summed E-state index contributed by atoms with van der Waals surface area (Å²) in [5.41, 5.74) is 0. The fourth-order valence-electron chi connectivity index (χ4n) is 0. The van der Waals surface area contributed by atoms with E-state index >= 15 is 0 Å². The number of rotatable bonds is 0. The van der Waals surface area contributed by atoms with E-state index in [4.69, 9.17) is 27.2 Å². The summed E-state index contributed by atoms with van der Waals surface area (Å²) in [6, 6.07) is 0. The van der Waals surface area contributed by atoms with E-state index < -0.39 is 20.6 Å². The third kappa shape index (κ3) is 141. The van der Waals surface area contributed by atoms with Crippen LogP contribution in [0.4, 0.5) is 4.79 Å². The molecule has 0 amide bonds. The second-order valence-corrected chi connectivity index (χ2v) is 1.31. The average Bonchev–Trinajstić information content (AvgIpc) is 1.25. The third-order valence-corrected chi connectivity index (χ3v) is 0. The molecule has 50 valence electrons. The number of hydrogen-bond donors (Lipinski definition) is 0.